The first-order valence-electron chi connectivity index (χ1n) is 7.79. The molecule has 0 bridgehead atoms. The number of nitrogens with zero attached hydrogens (tertiary/aromatic N) is 1. The average molecular weight is 285 g/mol. The lowest BCUT2D eigenvalue weighted by molar-refractivity contribution is -0.149. The Morgan fingerprint density at radius 3 is 2.80 bits per heavy atom. The molecule has 1 amide bonds. The molecule has 0 aromatic heterocycles. The molecule has 1 rings (SSSR count). The van der Waals surface area contributed by atoms with E-state index in [2.05, 4.69) is 17.1 Å². The van der Waals surface area contributed by atoms with Gasteiger partial charge in [-0.15, -0.1) is 0 Å². The first kappa shape index (κ1) is 17.4. The second-order valence-electron chi connectivity index (χ2n) is 6.34. The zero-order valence-corrected chi connectivity index (χ0v) is 13.4. The average Bonchev–Trinajstić information content (AvgIpc) is 2.40. The Bertz CT molecular complexity index is 307. The fourth-order valence-corrected chi connectivity index (χ4v) is 2.66. The van der Waals surface area contributed by atoms with Crippen molar-refractivity contribution in [3.05, 3.63) is 0 Å². The first-order valence-corrected chi connectivity index (χ1v) is 7.79. The largest absolute Gasteiger partial charge is 0.368 e. The minimum Gasteiger partial charge on any atom is -0.368 e. The molecule has 5 heteroatoms. The van der Waals surface area contributed by atoms with E-state index in [4.69, 9.17) is 10.5 Å². The molecule has 1 saturated heterocycles. The molecule has 118 valence electrons. The van der Waals surface area contributed by atoms with Crippen LogP contribution in [-0.4, -0.2) is 54.7 Å². The quantitative estimate of drug-likeness (QED) is 0.688. The van der Waals surface area contributed by atoms with E-state index in [0.29, 0.717) is 6.54 Å². The molecule has 2 unspecified atom stereocenters. The molecule has 20 heavy (non-hydrogen) atoms. The summed E-state index contributed by atoms with van der Waals surface area (Å²) in [6, 6.07) is -0.131. The monoisotopic (exact) mass is 285 g/mol. The van der Waals surface area contributed by atoms with E-state index >= 15 is 0 Å². The van der Waals surface area contributed by atoms with Gasteiger partial charge in [0.15, 0.2) is 0 Å². The molecule has 5 nitrogen and oxygen atoms in total. The molecule has 0 aromatic carbocycles. The van der Waals surface area contributed by atoms with Crippen LogP contribution in [0.1, 0.15) is 47.0 Å². The summed E-state index contributed by atoms with van der Waals surface area (Å²) in [7, 11) is 0. The maximum Gasteiger partial charge on any atom is 0.237 e. The maximum absolute atomic E-state index is 12.2. The summed E-state index contributed by atoms with van der Waals surface area (Å²) < 4.78 is 5.90. The number of amides is 1. The van der Waals surface area contributed by atoms with E-state index in [1.807, 2.05) is 20.8 Å². The van der Waals surface area contributed by atoms with Crippen LogP contribution in [0.4, 0.5) is 0 Å². The zero-order chi connectivity index (χ0) is 15.2. The van der Waals surface area contributed by atoms with Crippen LogP contribution in [-0.2, 0) is 9.53 Å². The van der Waals surface area contributed by atoms with Crippen molar-refractivity contribution in [3.8, 4) is 0 Å². The van der Waals surface area contributed by atoms with Gasteiger partial charge in [0.25, 0.3) is 0 Å². The van der Waals surface area contributed by atoms with E-state index in [1.54, 1.807) is 0 Å². The van der Waals surface area contributed by atoms with E-state index < -0.39 is 0 Å². The van der Waals surface area contributed by atoms with Crippen molar-refractivity contribution in [2.24, 2.45) is 5.73 Å². The summed E-state index contributed by atoms with van der Waals surface area (Å²) in [5.74, 6) is 0.106. The summed E-state index contributed by atoms with van der Waals surface area (Å²) >= 11 is 0. The standard InChI is InChI=1S/C15H31N3O2/c1-5-6-7-8-17-14(19)12(2)18-10-13(9-16)20-15(3,4)11-18/h12-13H,5-11,16H2,1-4H3,(H,17,19). The lowest BCUT2D eigenvalue weighted by atomic mass is 10.0. The van der Waals surface area contributed by atoms with Gasteiger partial charge in [0.1, 0.15) is 0 Å². The van der Waals surface area contributed by atoms with Gasteiger partial charge >= 0.3 is 0 Å². The van der Waals surface area contributed by atoms with Crippen LogP contribution in [0.5, 0.6) is 0 Å². The van der Waals surface area contributed by atoms with Crippen LogP contribution in [0, 0.1) is 0 Å². The van der Waals surface area contributed by atoms with Gasteiger partial charge in [-0.1, -0.05) is 19.8 Å². The third-order valence-electron chi connectivity index (χ3n) is 3.78. The normalized spacial score (nSPS) is 24.4. The summed E-state index contributed by atoms with van der Waals surface area (Å²) in [4.78, 5) is 14.4. The number of hydrogen-bond acceptors (Lipinski definition) is 4. The second kappa shape index (κ2) is 7.96. The molecule has 0 aromatic rings. The fourth-order valence-electron chi connectivity index (χ4n) is 2.66. The highest BCUT2D eigenvalue weighted by Crippen LogP contribution is 2.22. The van der Waals surface area contributed by atoms with Crippen molar-refractivity contribution < 1.29 is 9.53 Å². The van der Waals surface area contributed by atoms with Crippen molar-refractivity contribution >= 4 is 5.91 Å². The van der Waals surface area contributed by atoms with Gasteiger partial charge in [-0.3, -0.25) is 9.69 Å². The van der Waals surface area contributed by atoms with Crippen LogP contribution in [0.3, 0.4) is 0 Å². The molecule has 0 spiro atoms. The number of carbonyl (C=O) groups excluding carboxylic acids is 1. The molecule has 0 aliphatic carbocycles. The van der Waals surface area contributed by atoms with E-state index in [9.17, 15) is 4.79 Å². The number of morpholine rings is 1. The van der Waals surface area contributed by atoms with Crippen molar-refractivity contribution in [1.82, 2.24) is 10.2 Å². The number of carbonyl (C=O) groups is 1. The van der Waals surface area contributed by atoms with Crippen LogP contribution >= 0.6 is 0 Å². The Morgan fingerprint density at radius 1 is 1.50 bits per heavy atom. The molecule has 0 saturated carbocycles. The van der Waals surface area contributed by atoms with Crippen molar-refractivity contribution in [3.63, 3.8) is 0 Å². The minimum atomic E-state index is -0.251. The Kier molecular flexibility index (Phi) is 6.92. The SMILES string of the molecule is CCCCCNC(=O)C(C)N1CC(CN)OC(C)(C)C1. The number of unbranched alkanes of at least 4 members (excludes halogenated alkanes) is 2. The number of ether oxygens (including phenoxy) is 1. The third-order valence-corrected chi connectivity index (χ3v) is 3.78. The number of rotatable bonds is 7. The molecule has 0 radical (unpaired) electrons. The highest BCUT2D eigenvalue weighted by Gasteiger charge is 2.36. The van der Waals surface area contributed by atoms with E-state index in [-0.39, 0.29) is 23.7 Å². The van der Waals surface area contributed by atoms with Crippen LogP contribution in [0.25, 0.3) is 0 Å². The maximum atomic E-state index is 12.2. The van der Waals surface area contributed by atoms with Crippen molar-refractivity contribution in [1.29, 1.82) is 0 Å². The molecule has 1 aliphatic heterocycles. The fraction of sp³-hybridized carbons (Fsp3) is 0.933. The minimum absolute atomic E-state index is 0.00842. The molecule has 2 atom stereocenters. The number of hydrogen-bond donors (Lipinski definition) is 2. The van der Waals surface area contributed by atoms with Crippen molar-refractivity contribution in [2.75, 3.05) is 26.2 Å². The third kappa shape index (κ3) is 5.38. The van der Waals surface area contributed by atoms with Gasteiger partial charge in [-0.05, 0) is 27.2 Å². The number of nitrogens with two attached hydrogens (primary N) is 1. The van der Waals surface area contributed by atoms with Crippen molar-refractivity contribution in [2.45, 2.75) is 64.7 Å². The molecule has 1 aliphatic rings. The van der Waals surface area contributed by atoms with Gasteiger partial charge in [0.2, 0.25) is 5.91 Å². The Hall–Kier alpha value is -0.650. The summed E-state index contributed by atoms with van der Waals surface area (Å²) in [6.45, 7) is 11.0. The summed E-state index contributed by atoms with van der Waals surface area (Å²) in [6.07, 6.45) is 3.39. The second-order valence-corrected chi connectivity index (χ2v) is 6.34. The molecule has 1 heterocycles. The Morgan fingerprint density at radius 2 is 2.20 bits per heavy atom. The lowest BCUT2D eigenvalue weighted by Gasteiger charge is -2.44. The van der Waals surface area contributed by atoms with Gasteiger partial charge in [0, 0.05) is 26.2 Å². The summed E-state index contributed by atoms with van der Waals surface area (Å²) in [5.41, 5.74) is 5.47. The predicted molar refractivity (Wildman–Crippen MR) is 81.6 cm³/mol. The predicted octanol–water partition coefficient (Wildman–Crippen LogP) is 1.12. The smallest absolute Gasteiger partial charge is 0.237 e. The van der Waals surface area contributed by atoms with Gasteiger partial charge in [-0.25, -0.2) is 0 Å². The number of nitrogens with one attached hydrogen (secondary N) is 1. The van der Waals surface area contributed by atoms with E-state index in [0.717, 1.165) is 32.5 Å². The highest BCUT2D eigenvalue weighted by atomic mass is 16.5. The van der Waals surface area contributed by atoms with Crippen LogP contribution in [0.2, 0.25) is 0 Å². The Labute approximate surface area is 123 Å². The molecular formula is C15H31N3O2. The molecule has 1 fully saturated rings. The van der Waals surface area contributed by atoms with Crippen LogP contribution in [0.15, 0.2) is 0 Å². The summed E-state index contributed by atoms with van der Waals surface area (Å²) in [5, 5.41) is 3.02. The zero-order valence-electron chi connectivity index (χ0n) is 13.4. The van der Waals surface area contributed by atoms with Crippen LogP contribution < -0.4 is 11.1 Å². The Balaban J connectivity index is 2.48. The lowest BCUT2D eigenvalue weighted by Crippen LogP contribution is -2.59. The molecular weight excluding hydrogens is 254 g/mol. The molecule has 3 N–H and O–H groups in total. The van der Waals surface area contributed by atoms with Gasteiger partial charge in [-0.2, -0.15) is 0 Å². The first-order chi connectivity index (χ1) is 9.39. The topological polar surface area (TPSA) is 67.6 Å². The van der Waals surface area contributed by atoms with Gasteiger partial charge in [0.05, 0.1) is 17.7 Å². The van der Waals surface area contributed by atoms with E-state index in [1.165, 1.54) is 6.42 Å². The highest BCUT2D eigenvalue weighted by molar-refractivity contribution is 5.81. The van der Waals surface area contributed by atoms with Gasteiger partial charge < -0.3 is 15.8 Å².